The van der Waals surface area contributed by atoms with Crippen molar-refractivity contribution in [3.63, 3.8) is 0 Å². The minimum absolute atomic E-state index is 0.114. The molecule has 2 bridgehead atoms. The molecular formula is C13H17NO3. The molecule has 0 aromatic rings. The van der Waals surface area contributed by atoms with Gasteiger partial charge in [0.25, 0.3) is 0 Å². The Morgan fingerprint density at radius 3 is 2.76 bits per heavy atom. The first-order valence-electron chi connectivity index (χ1n) is 5.93. The lowest BCUT2D eigenvalue weighted by molar-refractivity contribution is -0.130. The molecular weight excluding hydrogens is 218 g/mol. The maximum absolute atomic E-state index is 11.9. The summed E-state index contributed by atoms with van der Waals surface area (Å²) in [6.07, 6.45) is 6.84. The van der Waals surface area contributed by atoms with Crippen LogP contribution in [0.3, 0.4) is 0 Å². The van der Waals surface area contributed by atoms with E-state index in [1.165, 1.54) is 6.21 Å². The van der Waals surface area contributed by atoms with Crippen LogP contribution in [0.2, 0.25) is 0 Å². The van der Waals surface area contributed by atoms with Crippen molar-refractivity contribution in [1.29, 1.82) is 0 Å². The standard InChI is InChI=1S/C13H17NO3/c1-3-14-12(16)17-8-13(9(2)15)7-10-4-5-11(13)6-10/h3-5,10-11H,6-8H2,1-2H3. The number of nitrogens with zero attached hydrogens (tertiary/aromatic N) is 1. The lowest BCUT2D eigenvalue weighted by atomic mass is 9.73. The number of hydrogen-bond acceptors (Lipinski definition) is 3. The highest BCUT2D eigenvalue weighted by Gasteiger charge is 2.52. The van der Waals surface area contributed by atoms with E-state index < -0.39 is 11.5 Å². The number of fused-ring (bicyclic) bond motifs is 2. The van der Waals surface area contributed by atoms with Gasteiger partial charge < -0.3 is 4.74 Å². The van der Waals surface area contributed by atoms with Crippen LogP contribution in [-0.4, -0.2) is 24.7 Å². The smallest absolute Gasteiger partial charge is 0.433 e. The third kappa shape index (κ3) is 2.04. The van der Waals surface area contributed by atoms with Gasteiger partial charge in [0, 0.05) is 6.21 Å². The molecule has 0 radical (unpaired) electrons. The van der Waals surface area contributed by atoms with Crippen molar-refractivity contribution in [3.8, 4) is 0 Å². The molecule has 0 saturated heterocycles. The van der Waals surface area contributed by atoms with E-state index in [-0.39, 0.29) is 18.3 Å². The number of Topliss-reactive ketones (excluding diaryl/α,β-unsaturated/α-hetero) is 1. The zero-order valence-corrected chi connectivity index (χ0v) is 10.2. The molecule has 1 saturated carbocycles. The van der Waals surface area contributed by atoms with E-state index in [0.29, 0.717) is 5.92 Å². The first-order chi connectivity index (χ1) is 8.08. The number of hydrogen-bond donors (Lipinski definition) is 0. The predicted molar refractivity (Wildman–Crippen MR) is 64.0 cm³/mol. The summed E-state index contributed by atoms with van der Waals surface area (Å²) in [5, 5.41) is 0. The van der Waals surface area contributed by atoms with E-state index in [1.807, 2.05) is 0 Å². The van der Waals surface area contributed by atoms with Crippen molar-refractivity contribution in [2.75, 3.05) is 6.61 Å². The van der Waals surface area contributed by atoms with Gasteiger partial charge >= 0.3 is 6.09 Å². The number of aliphatic imine (C=N–C) groups is 1. The molecule has 2 aliphatic carbocycles. The van der Waals surface area contributed by atoms with Crippen molar-refractivity contribution in [2.45, 2.75) is 26.7 Å². The monoisotopic (exact) mass is 235 g/mol. The molecule has 0 spiro atoms. The molecule has 3 atom stereocenters. The van der Waals surface area contributed by atoms with Crippen molar-refractivity contribution < 1.29 is 14.3 Å². The van der Waals surface area contributed by atoms with Gasteiger partial charge in [0.15, 0.2) is 0 Å². The van der Waals surface area contributed by atoms with Crippen LogP contribution < -0.4 is 0 Å². The van der Waals surface area contributed by atoms with Crippen molar-refractivity contribution >= 4 is 18.1 Å². The third-order valence-electron chi connectivity index (χ3n) is 3.90. The third-order valence-corrected chi connectivity index (χ3v) is 3.90. The average molecular weight is 235 g/mol. The van der Waals surface area contributed by atoms with Crippen LogP contribution in [0.15, 0.2) is 17.1 Å². The summed E-state index contributed by atoms with van der Waals surface area (Å²) in [5.74, 6) is 0.809. The number of ketones is 1. The summed E-state index contributed by atoms with van der Waals surface area (Å²) in [7, 11) is 0. The fourth-order valence-corrected chi connectivity index (χ4v) is 2.96. The van der Waals surface area contributed by atoms with Crippen LogP contribution in [0.5, 0.6) is 0 Å². The molecule has 0 heterocycles. The van der Waals surface area contributed by atoms with Gasteiger partial charge in [-0.15, -0.1) is 0 Å². The van der Waals surface area contributed by atoms with Crippen molar-refractivity contribution in [3.05, 3.63) is 12.2 Å². The Bertz CT molecular complexity index is 399. The Balaban J connectivity index is 2.07. The highest BCUT2D eigenvalue weighted by atomic mass is 16.5. The molecule has 0 aromatic carbocycles. The summed E-state index contributed by atoms with van der Waals surface area (Å²) >= 11 is 0. The number of carbonyl (C=O) groups is 2. The Hall–Kier alpha value is -1.45. The summed E-state index contributed by atoms with van der Waals surface area (Å²) in [6.45, 7) is 3.40. The first kappa shape index (κ1) is 12.0. The van der Waals surface area contributed by atoms with Crippen LogP contribution in [0.1, 0.15) is 26.7 Å². The van der Waals surface area contributed by atoms with Crippen molar-refractivity contribution in [1.82, 2.24) is 0 Å². The number of amides is 1. The summed E-state index contributed by atoms with van der Waals surface area (Å²) in [4.78, 5) is 26.6. The fourth-order valence-electron chi connectivity index (χ4n) is 2.96. The van der Waals surface area contributed by atoms with Crippen LogP contribution in [0, 0.1) is 17.3 Å². The zero-order valence-electron chi connectivity index (χ0n) is 10.2. The normalized spacial score (nSPS) is 34.5. The maximum Gasteiger partial charge on any atom is 0.433 e. The average Bonchev–Trinajstić information content (AvgIpc) is 2.87. The minimum Gasteiger partial charge on any atom is -0.447 e. The van der Waals surface area contributed by atoms with Crippen LogP contribution in [0.4, 0.5) is 4.79 Å². The van der Waals surface area contributed by atoms with Gasteiger partial charge in [0.2, 0.25) is 0 Å². The number of allylic oxidation sites excluding steroid dienone is 2. The van der Waals surface area contributed by atoms with Gasteiger partial charge in [-0.25, -0.2) is 4.79 Å². The van der Waals surface area contributed by atoms with Crippen molar-refractivity contribution in [2.24, 2.45) is 22.2 Å². The molecule has 2 rings (SSSR count). The van der Waals surface area contributed by atoms with E-state index in [1.54, 1.807) is 13.8 Å². The second kappa shape index (κ2) is 4.43. The zero-order chi connectivity index (χ0) is 12.5. The van der Waals surface area contributed by atoms with E-state index in [2.05, 4.69) is 17.1 Å². The maximum atomic E-state index is 11.9. The predicted octanol–water partition coefficient (Wildman–Crippen LogP) is 2.39. The van der Waals surface area contributed by atoms with Crippen LogP contribution in [-0.2, 0) is 9.53 Å². The molecule has 1 fully saturated rings. The second-order valence-electron chi connectivity index (χ2n) is 4.85. The van der Waals surface area contributed by atoms with E-state index >= 15 is 0 Å². The van der Waals surface area contributed by atoms with Gasteiger partial charge in [-0.1, -0.05) is 12.2 Å². The second-order valence-corrected chi connectivity index (χ2v) is 4.85. The summed E-state index contributed by atoms with van der Waals surface area (Å²) < 4.78 is 5.09. The highest BCUT2D eigenvalue weighted by molar-refractivity contribution is 5.85. The first-order valence-corrected chi connectivity index (χ1v) is 5.93. The Morgan fingerprint density at radius 1 is 1.53 bits per heavy atom. The topological polar surface area (TPSA) is 55.7 Å². The summed E-state index contributed by atoms with van der Waals surface area (Å²) in [5.41, 5.74) is -0.502. The van der Waals surface area contributed by atoms with Gasteiger partial charge in [-0.05, 0) is 38.5 Å². The SMILES string of the molecule is CC=NC(=O)OCC1(C(C)=O)CC2C=CC1C2. The molecule has 4 heteroatoms. The Morgan fingerprint density at radius 2 is 2.29 bits per heavy atom. The van der Waals surface area contributed by atoms with E-state index in [9.17, 15) is 9.59 Å². The molecule has 2 aliphatic rings. The molecule has 4 nitrogen and oxygen atoms in total. The fraction of sp³-hybridized carbons (Fsp3) is 0.615. The number of ether oxygens (including phenoxy) is 1. The highest BCUT2D eigenvalue weighted by Crippen LogP contribution is 2.52. The molecule has 0 N–H and O–H groups in total. The minimum atomic E-state index is -0.611. The van der Waals surface area contributed by atoms with E-state index in [4.69, 9.17) is 4.74 Å². The largest absolute Gasteiger partial charge is 0.447 e. The Kier molecular flexibility index (Phi) is 3.13. The van der Waals surface area contributed by atoms with Gasteiger partial charge in [-0.2, -0.15) is 4.99 Å². The van der Waals surface area contributed by atoms with Gasteiger partial charge in [0.1, 0.15) is 12.4 Å². The van der Waals surface area contributed by atoms with Crippen LogP contribution in [0.25, 0.3) is 0 Å². The molecule has 0 aromatic heterocycles. The van der Waals surface area contributed by atoms with Gasteiger partial charge in [0.05, 0.1) is 5.41 Å². The molecule has 0 aliphatic heterocycles. The molecule has 1 amide bonds. The lowest BCUT2D eigenvalue weighted by Gasteiger charge is -2.31. The lowest BCUT2D eigenvalue weighted by Crippen LogP contribution is -2.38. The molecule has 92 valence electrons. The van der Waals surface area contributed by atoms with Gasteiger partial charge in [-0.3, -0.25) is 4.79 Å². The number of rotatable bonds is 3. The number of carbonyl (C=O) groups excluding carboxylic acids is 2. The Labute approximate surface area is 101 Å². The quantitative estimate of drug-likeness (QED) is 0.557. The molecule has 3 unspecified atom stereocenters. The van der Waals surface area contributed by atoms with Crippen LogP contribution >= 0.6 is 0 Å². The summed E-state index contributed by atoms with van der Waals surface area (Å²) in [6, 6.07) is 0. The van der Waals surface area contributed by atoms with E-state index in [0.717, 1.165) is 12.8 Å². The molecule has 17 heavy (non-hydrogen) atoms.